The third kappa shape index (κ3) is 3.09. The summed E-state index contributed by atoms with van der Waals surface area (Å²) in [5, 5.41) is 9.91. The smallest absolute Gasteiger partial charge is 0.231 e. The number of para-hydroxylation sites is 3. The fourth-order valence-electron chi connectivity index (χ4n) is 3.35. The summed E-state index contributed by atoms with van der Waals surface area (Å²) >= 11 is 0. The number of nitrogens with one attached hydrogen (secondary N) is 1. The third-order valence-electron chi connectivity index (χ3n) is 4.83. The first-order valence-corrected chi connectivity index (χ1v) is 9.36. The van der Waals surface area contributed by atoms with Crippen LogP contribution in [-0.2, 0) is 0 Å². The molecule has 0 saturated carbocycles. The van der Waals surface area contributed by atoms with Crippen molar-refractivity contribution in [3.05, 3.63) is 83.9 Å². The number of nitriles is 1. The van der Waals surface area contributed by atoms with Gasteiger partial charge in [0, 0.05) is 5.39 Å². The second-order valence-electron chi connectivity index (χ2n) is 6.72. The SMILES string of the molecule is COc1cccc2cc(-c3nc4ccccc4[nH]3)c(=Nc3ccc(C#N)cc3)oc12. The Kier molecular flexibility index (Phi) is 4.26. The molecule has 1 N–H and O–H groups in total. The Balaban J connectivity index is 1.80. The second-order valence-corrected chi connectivity index (χ2v) is 6.72. The number of fused-ring (bicyclic) bond motifs is 2. The molecule has 0 spiro atoms. The van der Waals surface area contributed by atoms with E-state index in [1.165, 1.54) is 0 Å². The van der Waals surface area contributed by atoms with Crippen LogP contribution in [-0.4, -0.2) is 17.1 Å². The zero-order valence-corrected chi connectivity index (χ0v) is 16.1. The van der Waals surface area contributed by atoms with Gasteiger partial charge < -0.3 is 14.1 Å². The van der Waals surface area contributed by atoms with E-state index in [2.05, 4.69) is 11.1 Å². The molecule has 0 bridgehead atoms. The fourth-order valence-corrected chi connectivity index (χ4v) is 3.35. The molecule has 30 heavy (non-hydrogen) atoms. The van der Waals surface area contributed by atoms with E-state index in [0.717, 1.165) is 22.0 Å². The molecule has 5 aromatic rings. The average molecular weight is 392 g/mol. The molecule has 2 heterocycles. The van der Waals surface area contributed by atoms with Crippen LogP contribution in [0.5, 0.6) is 5.75 Å². The van der Waals surface area contributed by atoms with E-state index in [1.807, 2.05) is 48.5 Å². The summed E-state index contributed by atoms with van der Waals surface area (Å²) in [6.07, 6.45) is 0. The number of methoxy groups -OCH3 is 1. The van der Waals surface area contributed by atoms with Gasteiger partial charge in [0.05, 0.1) is 41.0 Å². The molecule has 144 valence electrons. The second kappa shape index (κ2) is 7.22. The Hall–Kier alpha value is -4.37. The van der Waals surface area contributed by atoms with Gasteiger partial charge in [-0.05, 0) is 48.5 Å². The molecule has 0 fully saturated rings. The molecule has 6 heteroatoms. The van der Waals surface area contributed by atoms with E-state index in [1.54, 1.807) is 31.4 Å². The molecule has 5 rings (SSSR count). The van der Waals surface area contributed by atoms with Crippen molar-refractivity contribution in [3.63, 3.8) is 0 Å². The van der Waals surface area contributed by atoms with Gasteiger partial charge in [-0.15, -0.1) is 0 Å². The molecule has 0 unspecified atom stereocenters. The maximum atomic E-state index is 9.03. The van der Waals surface area contributed by atoms with Crippen LogP contribution in [0.1, 0.15) is 5.56 Å². The minimum absolute atomic E-state index is 0.399. The lowest BCUT2D eigenvalue weighted by atomic mass is 10.1. The molecule has 0 atom stereocenters. The highest BCUT2D eigenvalue weighted by atomic mass is 16.5. The summed E-state index contributed by atoms with van der Waals surface area (Å²) in [4.78, 5) is 12.8. The van der Waals surface area contributed by atoms with Crippen LogP contribution in [0.4, 0.5) is 5.69 Å². The Morgan fingerprint density at radius 3 is 2.63 bits per heavy atom. The number of hydrogen-bond acceptors (Lipinski definition) is 5. The number of aromatic nitrogens is 2. The minimum Gasteiger partial charge on any atom is -0.493 e. The van der Waals surface area contributed by atoms with Gasteiger partial charge in [-0.2, -0.15) is 5.26 Å². The molecule has 0 aliphatic carbocycles. The van der Waals surface area contributed by atoms with Gasteiger partial charge in [0.25, 0.3) is 0 Å². The highest BCUT2D eigenvalue weighted by Crippen LogP contribution is 2.28. The lowest BCUT2D eigenvalue weighted by Gasteiger charge is -2.06. The van der Waals surface area contributed by atoms with Gasteiger partial charge in [0.15, 0.2) is 11.3 Å². The Bertz CT molecular complexity index is 1460. The Morgan fingerprint density at radius 1 is 1.03 bits per heavy atom. The van der Waals surface area contributed by atoms with Crippen molar-refractivity contribution in [2.75, 3.05) is 7.11 Å². The van der Waals surface area contributed by atoms with Crippen molar-refractivity contribution in [1.29, 1.82) is 5.26 Å². The fraction of sp³-hybridized carbons (Fsp3) is 0.0417. The van der Waals surface area contributed by atoms with Crippen LogP contribution >= 0.6 is 0 Å². The lowest BCUT2D eigenvalue weighted by Crippen LogP contribution is -2.07. The van der Waals surface area contributed by atoms with Crippen molar-refractivity contribution in [2.45, 2.75) is 0 Å². The monoisotopic (exact) mass is 392 g/mol. The zero-order chi connectivity index (χ0) is 20.5. The van der Waals surface area contributed by atoms with Gasteiger partial charge >= 0.3 is 0 Å². The van der Waals surface area contributed by atoms with Crippen LogP contribution in [0.15, 0.2) is 82.2 Å². The molecule has 3 aromatic carbocycles. The highest BCUT2D eigenvalue weighted by molar-refractivity contribution is 5.86. The Labute approximate surface area is 171 Å². The first-order valence-electron chi connectivity index (χ1n) is 9.36. The number of nitrogens with zero attached hydrogens (tertiary/aromatic N) is 3. The quantitative estimate of drug-likeness (QED) is 0.463. The van der Waals surface area contributed by atoms with Gasteiger partial charge in [0.1, 0.15) is 5.82 Å². The lowest BCUT2D eigenvalue weighted by molar-refractivity contribution is 0.406. The van der Waals surface area contributed by atoms with E-state index in [0.29, 0.717) is 34.0 Å². The average Bonchev–Trinajstić information content (AvgIpc) is 3.23. The number of rotatable bonds is 3. The number of benzene rings is 3. The molecule has 0 aliphatic rings. The van der Waals surface area contributed by atoms with Gasteiger partial charge in [0.2, 0.25) is 5.55 Å². The molecule has 0 saturated heterocycles. The molecular formula is C24H16N4O2. The molecule has 0 radical (unpaired) electrons. The number of H-pyrrole nitrogens is 1. The Morgan fingerprint density at radius 2 is 1.87 bits per heavy atom. The van der Waals surface area contributed by atoms with Crippen LogP contribution in [0.2, 0.25) is 0 Å². The number of ether oxygens (including phenoxy) is 1. The standard InChI is InChI=1S/C24H16N4O2/c1-29-21-8-4-5-16-13-18(23-27-19-6-2-3-7-20(19)28-23)24(30-22(16)21)26-17-11-9-15(14-25)10-12-17/h2-13H,1H3,(H,27,28). The van der Waals surface area contributed by atoms with E-state index in [4.69, 9.17) is 24.4 Å². The van der Waals surface area contributed by atoms with Crippen molar-refractivity contribution < 1.29 is 9.15 Å². The van der Waals surface area contributed by atoms with E-state index >= 15 is 0 Å². The van der Waals surface area contributed by atoms with Gasteiger partial charge in [-0.1, -0.05) is 24.3 Å². The maximum absolute atomic E-state index is 9.03. The van der Waals surface area contributed by atoms with E-state index < -0.39 is 0 Å². The molecule has 2 aromatic heterocycles. The van der Waals surface area contributed by atoms with Crippen LogP contribution in [0, 0.1) is 11.3 Å². The first kappa shape index (κ1) is 17.7. The normalized spacial score (nSPS) is 11.7. The summed E-state index contributed by atoms with van der Waals surface area (Å²) in [6.45, 7) is 0. The molecule has 0 aliphatic heterocycles. The predicted octanol–water partition coefficient (Wildman–Crippen LogP) is 5.09. The van der Waals surface area contributed by atoms with Crippen molar-refractivity contribution >= 4 is 27.7 Å². The molecular weight excluding hydrogens is 376 g/mol. The minimum atomic E-state index is 0.399. The highest BCUT2D eigenvalue weighted by Gasteiger charge is 2.13. The van der Waals surface area contributed by atoms with Crippen molar-refractivity contribution in [2.24, 2.45) is 4.99 Å². The van der Waals surface area contributed by atoms with Crippen LogP contribution < -0.4 is 10.3 Å². The summed E-state index contributed by atoms with van der Waals surface area (Å²) in [6, 6.07) is 24.7. The van der Waals surface area contributed by atoms with Crippen LogP contribution in [0.3, 0.4) is 0 Å². The van der Waals surface area contributed by atoms with E-state index in [9.17, 15) is 0 Å². The third-order valence-corrected chi connectivity index (χ3v) is 4.83. The summed E-state index contributed by atoms with van der Waals surface area (Å²) in [5.41, 5.74) is 4.78. The number of imidazole rings is 1. The predicted molar refractivity (Wildman–Crippen MR) is 114 cm³/mol. The number of hydrogen-bond donors (Lipinski definition) is 1. The number of aromatic amines is 1. The first-order chi connectivity index (χ1) is 14.7. The van der Waals surface area contributed by atoms with E-state index in [-0.39, 0.29) is 0 Å². The topological polar surface area (TPSA) is 87.2 Å². The van der Waals surface area contributed by atoms with Crippen LogP contribution in [0.25, 0.3) is 33.4 Å². The maximum Gasteiger partial charge on any atom is 0.231 e. The molecule has 0 amide bonds. The largest absolute Gasteiger partial charge is 0.493 e. The summed E-state index contributed by atoms with van der Waals surface area (Å²) in [5.74, 6) is 1.29. The van der Waals surface area contributed by atoms with Crippen molar-refractivity contribution in [3.8, 4) is 23.2 Å². The summed E-state index contributed by atoms with van der Waals surface area (Å²) < 4.78 is 11.7. The van der Waals surface area contributed by atoms with Crippen molar-refractivity contribution in [1.82, 2.24) is 9.97 Å². The van der Waals surface area contributed by atoms with Gasteiger partial charge in [-0.25, -0.2) is 9.98 Å². The van der Waals surface area contributed by atoms with Gasteiger partial charge in [-0.3, -0.25) is 0 Å². The molecule has 6 nitrogen and oxygen atoms in total. The zero-order valence-electron chi connectivity index (χ0n) is 16.1. The summed E-state index contributed by atoms with van der Waals surface area (Å²) in [7, 11) is 1.61.